The molecule has 1 aliphatic rings. The molecule has 6 heteroatoms. The molecular weight excluding hydrogens is 257 g/mol. The van der Waals surface area contributed by atoms with Crippen LogP contribution in [0.15, 0.2) is 29.2 Å². The van der Waals surface area contributed by atoms with Gasteiger partial charge in [0.1, 0.15) is 5.82 Å². The van der Waals surface area contributed by atoms with Gasteiger partial charge < -0.3 is 4.74 Å². The molecule has 0 aromatic heterocycles. The molecule has 1 aromatic carbocycles. The minimum atomic E-state index is -3.33. The van der Waals surface area contributed by atoms with Gasteiger partial charge in [0.15, 0.2) is 9.84 Å². The van der Waals surface area contributed by atoms with Crippen molar-refractivity contribution in [1.29, 1.82) is 0 Å². The Balaban J connectivity index is 1.96. The van der Waals surface area contributed by atoms with Crippen LogP contribution >= 0.6 is 0 Å². The maximum Gasteiger partial charge on any atom is 0.179 e. The van der Waals surface area contributed by atoms with Crippen molar-refractivity contribution in [3.8, 4) is 0 Å². The van der Waals surface area contributed by atoms with Crippen molar-refractivity contribution < 1.29 is 17.5 Å². The number of rotatable bonds is 4. The largest absolute Gasteiger partial charge is 0.379 e. The van der Waals surface area contributed by atoms with Crippen molar-refractivity contribution in [2.75, 3.05) is 38.6 Å². The fourth-order valence-corrected chi connectivity index (χ4v) is 3.12. The minimum absolute atomic E-state index is 0.0542. The van der Waals surface area contributed by atoms with Crippen molar-refractivity contribution in [2.45, 2.75) is 4.90 Å². The van der Waals surface area contributed by atoms with Crippen LogP contribution < -0.4 is 0 Å². The third-order valence-electron chi connectivity index (χ3n) is 2.95. The maximum atomic E-state index is 12.7. The summed E-state index contributed by atoms with van der Waals surface area (Å²) in [4.78, 5) is 2.24. The second kappa shape index (κ2) is 5.77. The van der Waals surface area contributed by atoms with Crippen molar-refractivity contribution in [2.24, 2.45) is 0 Å². The standard InChI is InChI=1S/C12H16FNO3S/c13-11-1-3-12(4-2-11)18(15,16)10-7-14-5-8-17-9-6-14/h1-4H,5-10H2. The third kappa shape index (κ3) is 3.51. The van der Waals surface area contributed by atoms with Gasteiger partial charge >= 0.3 is 0 Å². The number of halogens is 1. The number of hydrogen-bond acceptors (Lipinski definition) is 4. The first kappa shape index (κ1) is 13.5. The molecule has 1 saturated heterocycles. The molecule has 1 fully saturated rings. The molecule has 0 aliphatic carbocycles. The van der Waals surface area contributed by atoms with E-state index in [-0.39, 0.29) is 10.6 Å². The smallest absolute Gasteiger partial charge is 0.179 e. The molecule has 2 rings (SSSR count). The van der Waals surface area contributed by atoms with E-state index in [1.54, 1.807) is 0 Å². The topological polar surface area (TPSA) is 46.6 Å². The molecule has 0 saturated carbocycles. The molecule has 1 heterocycles. The third-order valence-corrected chi connectivity index (χ3v) is 4.66. The summed E-state index contributed by atoms with van der Waals surface area (Å²) in [5.74, 6) is -0.374. The van der Waals surface area contributed by atoms with Crippen LogP contribution in [0.3, 0.4) is 0 Å². The first-order valence-electron chi connectivity index (χ1n) is 5.86. The van der Waals surface area contributed by atoms with Crippen molar-refractivity contribution in [1.82, 2.24) is 4.90 Å². The Morgan fingerprint density at radius 2 is 1.78 bits per heavy atom. The first-order chi connectivity index (χ1) is 8.58. The van der Waals surface area contributed by atoms with Crippen LogP contribution in [-0.4, -0.2) is 51.9 Å². The van der Waals surface area contributed by atoms with E-state index in [2.05, 4.69) is 4.90 Å². The summed E-state index contributed by atoms with van der Waals surface area (Å²) in [6, 6.07) is 4.96. The van der Waals surface area contributed by atoms with E-state index in [0.29, 0.717) is 19.8 Å². The molecule has 1 aromatic rings. The highest BCUT2D eigenvalue weighted by molar-refractivity contribution is 7.91. The van der Waals surface area contributed by atoms with E-state index in [4.69, 9.17) is 4.74 Å². The van der Waals surface area contributed by atoms with Gasteiger partial charge in [-0.1, -0.05) is 0 Å². The molecule has 18 heavy (non-hydrogen) atoms. The fourth-order valence-electron chi connectivity index (χ4n) is 1.83. The van der Waals surface area contributed by atoms with E-state index < -0.39 is 15.7 Å². The van der Waals surface area contributed by atoms with Gasteiger partial charge in [-0.25, -0.2) is 12.8 Å². The monoisotopic (exact) mass is 273 g/mol. The lowest BCUT2D eigenvalue weighted by Crippen LogP contribution is -2.39. The molecule has 1 aliphatic heterocycles. The van der Waals surface area contributed by atoms with Gasteiger partial charge in [0.25, 0.3) is 0 Å². The van der Waals surface area contributed by atoms with E-state index in [1.165, 1.54) is 24.3 Å². The Kier molecular flexibility index (Phi) is 4.31. The number of benzene rings is 1. The van der Waals surface area contributed by atoms with Gasteiger partial charge in [-0.3, -0.25) is 4.90 Å². The Morgan fingerprint density at radius 3 is 2.39 bits per heavy atom. The molecule has 0 spiro atoms. The van der Waals surface area contributed by atoms with Crippen LogP contribution in [-0.2, 0) is 14.6 Å². The summed E-state index contributed by atoms with van der Waals surface area (Å²) < 4.78 is 41.9. The molecule has 0 unspecified atom stereocenters. The molecule has 0 amide bonds. The van der Waals surface area contributed by atoms with E-state index >= 15 is 0 Å². The van der Waals surface area contributed by atoms with E-state index in [9.17, 15) is 12.8 Å². The zero-order valence-electron chi connectivity index (χ0n) is 10.0. The number of morpholine rings is 1. The van der Waals surface area contributed by atoms with Gasteiger partial charge in [0.2, 0.25) is 0 Å². The summed E-state index contributed by atoms with van der Waals surface area (Å²) in [7, 11) is -3.33. The van der Waals surface area contributed by atoms with Gasteiger partial charge in [0.05, 0.1) is 23.9 Å². The SMILES string of the molecule is O=S(=O)(CCN1CCOCC1)c1ccc(F)cc1. The van der Waals surface area contributed by atoms with Crippen LogP contribution in [0.2, 0.25) is 0 Å². The predicted octanol–water partition coefficient (Wildman–Crippen LogP) is 0.932. The summed E-state index contributed by atoms with van der Waals surface area (Å²) in [6.07, 6.45) is 0. The number of nitrogens with zero attached hydrogens (tertiary/aromatic N) is 1. The lowest BCUT2D eigenvalue weighted by Gasteiger charge is -2.26. The lowest BCUT2D eigenvalue weighted by atomic mass is 10.4. The summed E-state index contributed by atoms with van der Waals surface area (Å²) >= 11 is 0. The van der Waals surface area contributed by atoms with Crippen LogP contribution in [0.25, 0.3) is 0 Å². The van der Waals surface area contributed by atoms with Crippen molar-refractivity contribution in [3.63, 3.8) is 0 Å². The van der Waals surface area contributed by atoms with Crippen LogP contribution in [0.1, 0.15) is 0 Å². The number of hydrogen-bond donors (Lipinski definition) is 0. The molecule has 0 bridgehead atoms. The Labute approximate surface area is 106 Å². The first-order valence-corrected chi connectivity index (χ1v) is 7.51. The number of sulfone groups is 1. The second-order valence-corrected chi connectivity index (χ2v) is 6.34. The maximum absolute atomic E-state index is 12.7. The molecule has 100 valence electrons. The predicted molar refractivity (Wildman–Crippen MR) is 65.7 cm³/mol. The number of ether oxygens (including phenoxy) is 1. The Hall–Kier alpha value is -0.980. The molecule has 0 radical (unpaired) electrons. The highest BCUT2D eigenvalue weighted by Gasteiger charge is 2.17. The van der Waals surface area contributed by atoms with Gasteiger partial charge in [-0.2, -0.15) is 0 Å². The molecule has 0 N–H and O–H groups in total. The minimum Gasteiger partial charge on any atom is -0.379 e. The second-order valence-electron chi connectivity index (χ2n) is 4.23. The zero-order chi connectivity index (χ0) is 13.0. The van der Waals surface area contributed by atoms with Gasteiger partial charge in [0, 0.05) is 19.6 Å². The van der Waals surface area contributed by atoms with Crippen molar-refractivity contribution >= 4 is 9.84 Å². The normalized spacial score (nSPS) is 17.8. The highest BCUT2D eigenvalue weighted by Crippen LogP contribution is 2.12. The molecule has 0 atom stereocenters. The van der Waals surface area contributed by atoms with Gasteiger partial charge in [-0.15, -0.1) is 0 Å². The average Bonchev–Trinajstić information content (AvgIpc) is 2.38. The lowest BCUT2D eigenvalue weighted by molar-refractivity contribution is 0.0408. The highest BCUT2D eigenvalue weighted by atomic mass is 32.2. The van der Waals surface area contributed by atoms with Crippen LogP contribution in [0.4, 0.5) is 4.39 Å². The summed E-state index contributed by atoms with van der Waals surface area (Å²) in [5.41, 5.74) is 0. The Morgan fingerprint density at radius 1 is 1.17 bits per heavy atom. The van der Waals surface area contributed by atoms with Crippen LogP contribution in [0, 0.1) is 5.82 Å². The van der Waals surface area contributed by atoms with Gasteiger partial charge in [-0.05, 0) is 24.3 Å². The molecule has 4 nitrogen and oxygen atoms in total. The van der Waals surface area contributed by atoms with E-state index in [0.717, 1.165) is 13.1 Å². The summed E-state index contributed by atoms with van der Waals surface area (Å²) in [5, 5.41) is 0. The van der Waals surface area contributed by atoms with Crippen molar-refractivity contribution in [3.05, 3.63) is 30.1 Å². The fraction of sp³-hybridized carbons (Fsp3) is 0.500. The average molecular weight is 273 g/mol. The Bertz CT molecular complexity index is 481. The summed E-state index contributed by atoms with van der Waals surface area (Å²) in [6.45, 7) is 3.31. The van der Waals surface area contributed by atoms with E-state index in [1.807, 2.05) is 0 Å². The van der Waals surface area contributed by atoms with Crippen LogP contribution in [0.5, 0.6) is 0 Å². The quantitative estimate of drug-likeness (QED) is 0.766. The molecular formula is C12H16FNO3S. The zero-order valence-corrected chi connectivity index (χ0v) is 10.8.